The molecule has 1 aliphatic heterocycles. The summed E-state index contributed by atoms with van der Waals surface area (Å²) < 4.78 is 10.3. The van der Waals surface area contributed by atoms with Gasteiger partial charge in [0.05, 0.1) is 25.9 Å². The Hall–Kier alpha value is -1.75. The topological polar surface area (TPSA) is 64.8 Å². The molecule has 1 aromatic carbocycles. The summed E-state index contributed by atoms with van der Waals surface area (Å²) in [6.07, 6.45) is 0.679. The lowest BCUT2D eigenvalue weighted by Crippen LogP contribution is -2.33. The molecule has 0 aromatic heterocycles. The predicted octanol–water partition coefficient (Wildman–Crippen LogP) is 0.768. The number of hydrogen-bond acceptors (Lipinski definition) is 4. The van der Waals surface area contributed by atoms with Crippen LogP contribution in [-0.4, -0.2) is 32.7 Å². The number of benzene rings is 1. The second kappa shape index (κ2) is 4.63. The van der Waals surface area contributed by atoms with Gasteiger partial charge < -0.3 is 20.1 Å². The fraction of sp³-hybridized carbons (Fsp3) is 0.417. The van der Waals surface area contributed by atoms with Gasteiger partial charge in [-0.15, -0.1) is 0 Å². The fourth-order valence-corrected chi connectivity index (χ4v) is 1.91. The third-order valence-electron chi connectivity index (χ3n) is 2.89. The van der Waals surface area contributed by atoms with Gasteiger partial charge in [-0.2, -0.15) is 0 Å². The van der Waals surface area contributed by atoms with Crippen molar-refractivity contribution >= 4 is 11.6 Å². The van der Waals surface area contributed by atoms with E-state index in [9.17, 15) is 4.79 Å². The number of nitrogens with two attached hydrogens (primary N) is 1. The van der Waals surface area contributed by atoms with Crippen LogP contribution in [0.5, 0.6) is 11.5 Å². The van der Waals surface area contributed by atoms with E-state index in [2.05, 4.69) is 0 Å². The first kappa shape index (κ1) is 11.7. The number of hydrogen-bond donors (Lipinski definition) is 1. The smallest absolute Gasteiger partial charge is 0.243 e. The maximum absolute atomic E-state index is 11.8. The van der Waals surface area contributed by atoms with Crippen LogP contribution in [0.25, 0.3) is 0 Å². The van der Waals surface area contributed by atoms with Crippen LogP contribution in [0.3, 0.4) is 0 Å². The van der Waals surface area contributed by atoms with Gasteiger partial charge in [0.15, 0.2) is 0 Å². The van der Waals surface area contributed by atoms with Crippen molar-refractivity contribution in [2.24, 2.45) is 5.73 Å². The van der Waals surface area contributed by atoms with E-state index in [0.717, 1.165) is 5.69 Å². The van der Waals surface area contributed by atoms with Crippen molar-refractivity contribution in [2.45, 2.75) is 12.5 Å². The van der Waals surface area contributed by atoms with Crippen LogP contribution in [-0.2, 0) is 4.79 Å². The normalized spacial score (nSPS) is 19.6. The van der Waals surface area contributed by atoms with Crippen molar-refractivity contribution in [3.63, 3.8) is 0 Å². The van der Waals surface area contributed by atoms with Crippen molar-refractivity contribution < 1.29 is 14.3 Å². The Morgan fingerprint density at radius 1 is 1.24 bits per heavy atom. The van der Waals surface area contributed by atoms with Crippen molar-refractivity contribution in [2.75, 3.05) is 25.7 Å². The second-order valence-electron chi connectivity index (χ2n) is 3.96. The fourth-order valence-electron chi connectivity index (χ4n) is 1.91. The Morgan fingerprint density at radius 2 is 1.82 bits per heavy atom. The molecule has 0 saturated carbocycles. The van der Waals surface area contributed by atoms with Gasteiger partial charge in [-0.05, 0) is 6.42 Å². The van der Waals surface area contributed by atoms with Crippen LogP contribution in [0.15, 0.2) is 18.2 Å². The van der Waals surface area contributed by atoms with Gasteiger partial charge in [-0.25, -0.2) is 0 Å². The molecule has 92 valence electrons. The van der Waals surface area contributed by atoms with Crippen LogP contribution < -0.4 is 20.1 Å². The molecule has 0 aliphatic carbocycles. The van der Waals surface area contributed by atoms with E-state index in [1.54, 1.807) is 37.3 Å². The molecular formula is C12H16N2O3. The lowest BCUT2D eigenvalue weighted by atomic mass is 10.2. The highest BCUT2D eigenvalue weighted by molar-refractivity contribution is 5.99. The second-order valence-corrected chi connectivity index (χ2v) is 3.96. The molecule has 0 bridgehead atoms. The van der Waals surface area contributed by atoms with E-state index in [1.807, 2.05) is 0 Å². The Balaban J connectivity index is 2.34. The molecule has 1 saturated heterocycles. The Morgan fingerprint density at radius 3 is 2.24 bits per heavy atom. The standard InChI is InChI=1S/C12H16N2O3/c1-16-9-5-8(6-10(7-9)17-2)14-4-3-11(13)12(14)15/h5-7,11H,3-4,13H2,1-2H3/t11-/m0/s1. The van der Waals surface area contributed by atoms with Crippen LogP contribution >= 0.6 is 0 Å². The minimum absolute atomic E-state index is 0.0553. The molecule has 1 aliphatic rings. The summed E-state index contributed by atoms with van der Waals surface area (Å²) in [5.74, 6) is 1.26. The largest absolute Gasteiger partial charge is 0.497 e. The van der Waals surface area contributed by atoms with E-state index < -0.39 is 6.04 Å². The summed E-state index contributed by atoms with van der Waals surface area (Å²) in [7, 11) is 3.16. The van der Waals surface area contributed by atoms with E-state index in [4.69, 9.17) is 15.2 Å². The van der Waals surface area contributed by atoms with E-state index in [1.165, 1.54) is 0 Å². The minimum Gasteiger partial charge on any atom is -0.497 e. The lowest BCUT2D eigenvalue weighted by molar-refractivity contribution is -0.118. The van der Waals surface area contributed by atoms with Crippen molar-refractivity contribution in [3.05, 3.63) is 18.2 Å². The number of rotatable bonds is 3. The minimum atomic E-state index is -0.396. The Labute approximate surface area is 100 Å². The zero-order valence-electron chi connectivity index (χ0n) is 9.97. The van der Waals surface area contributed by atoms with Gasteiger partial charge in [0.25, 0.3) is 0 Å². The highest BCUT2D eigenvalue weighted by Crippen LogP contribution is 2.30. The molecule has 1 amide bonds. The van der Waals surface area contributed by atoms with Crippen LogP contribution in [0, 0.1) is 0 Å². The van der Waals surface area contributed by atoms with Gasteiger partial charge in [0, 0.05) is 24.7 Å². The summed E-state index contributed by atoms with van der Waals surface area (Å²) in [5, 5.41) is 0. The Kier molecular flexibility index (Phi) is 3.19. The first-order chi connectivity index (χ1) is 8.15. The third-order valence-corrected chi connectivity index (χ3v) is 2.89. The number of anilines is 1. The van der Waals surface area contributed by atoms with Crippen molar-refractivity contribution in [1.29, 1.82) is 0 Å². The molecule has 0 unspecified atom stereocenters. The highest BCUT2D eigenvalue weighted by atomic mass is 16.5. The number of methoxy groups -OCH3 is 2. The summed E-state index contributed by atoms with van der Waals surface area (Å²) in [4.78, 5) is 13.5. The molecule has 1 atom stereocenters. The average Bonchev–Trinajstić information content (AvgIpc) is 2.69. The van der Waals surface area contributed by atoms with Gasteiger partial charge in [-0.3, -0.25) is 4.79 Å². The van der Waals surface area contributed by atoms with E-state index in [0.29, 0.717) is 24.5 Å². The van der Waals surface area contributed by atoms with Crippen LogP contribution in [0.2, 0.25) is 0 Å². The highest BCUT2D eigenvalue weighted by Gasteiger charge is 2.30. The van der Waals surface area contributed by atoms with Gasteiger partial charge in [-0.1, -0.05) is 0 Å². The average molecular weight is 236 g/mol. The maximum atomic E-state index is 11.8. The molecule has 2 N–H and O–H groups in total. The van der Waals surface area contributed by atoms with Crippen LogP contribution in [0.1, 0.15) is 6.42 Å². The van der Waals surface area contributed by atoms with E-state index >= 15 is 0 Å². The number of nitrogens with zero attached hydrogens (tertiary/aromatic N) is 1. The zero-order valence-corrected chi connectivity index (χ0v) is 9.97. The molecule has 0 spiro atoms. The van der Waals surface area contributed by atoms with Gasteiger partial charge >= 0.3 is 0 Å². The molecule has 1 fully saturated rings. The van der Waals surface area contributed by atoms with Crippen molar-refractivity contribution in [1.82, 2.24) is 0 Å². The number of carbonyl (C=O) groups excluding carboxylic acids is 1. The Bertz CT molecular complexity index is 412. The quantitative estimate of drug-likeness (QED) is 0.841. The number of carbonyl (C=O) groups is 1. The van der Waals surface area contributed by atoms with Crippen LogP contribution in [0.4, 0.5) is 5.69 Å². The maximum Gasteiger partial charge on any atom is 0.243 e. The summed E-state index contributed by atoms with van der Waals surface area (Å²) in [6, 6.07) is 4.98. The molecule has 0 radical (unpaired) electrons. The number of amides is 1. The predicted molar refractivity (Wildman–Crippen MR) is 64.5 cm³/mol. The molecular weight excluding hydrogens is 220 g/mol. The zero-order chi connectivity index (χ0) is 12.4. The first-order valence-corrected chi connectivity index (χ1v) is 5.45. The third kappa shape index (κ3) is 2.19. The molecule has 17 heavy (non-hydrogen) atoms. The molecule has 1 heterocycles. The number of ether oxygens (including phenoxy) is 2. The first-order valence-electron chi connectivity index (χ1n) is 5.45. The molecule has 2 rings (SSSR count). The van der Waals surface area contributed by atoms with E-state index in [-0.39, 0.29) is 5.91 Å². The summed E-state index contributed by atoms with van der Waals surface area (Å²) >= 11 is 0. The SMILES string of the molecule is COc1cc(OC)cc(N2CC[C@H](N)C2=O)c1. The van der Waals surface area contributed by atoms with Gasteiger partial charge in [0.2, 0.25) is 5.91 Å². The van der Waals surface area contributed by atoms with Gasteiger partial charge in [0.1, 0.15) is 11.5 Å². The lowest BCUT2D eigenvalue weighted by Gasteiger charge is -2.18. The van der Waals surface area contributed by atoms with Crippen molar-refractivity contribution in [3.8, 4) is 11.5 Å². The molecule has 5 nitrogen and oxygen atoms in total. The monoisotopic (exact) mass is 236 g/mol. The molecule has 1 aromatic rings. The summed E-state index contributed by atoms with van der Waals surface area (Å²) in [6.45, 7) is 0.635. The summed E-state index contributed by atoms with van der Waals surface area (Å²) in [5.41, 5.74) is 6.46. The molecule has 5 heteroatoms.